The number of hydrogen-bond donors (Lipinski definition) is 1. The Balaban J connectivity index is 1.65. The van der Waals surface area contributed by atoms with Crippen LogP contribution in [0.4, 0.5) is 0 Å². The highest BCUT2D eigenvalue weighted by molar-refractivity contribution is 7.08. The molecule has 0 spiro atoms. The average Bonchev–Trinajstić information content (AvgIpc) is 3.19. The van der Waals surface area contributed by atoms with E-state index in [9.17, 15) is 4.79 Å². The molecular formula is C14H17N3O2S. The van der Waals surface area contributed by atoms with Crippen LogP contribution in [0, 0.1) is 5.92 Å². The maximum atomic E-state index is 12.1. The van der Waals surface area contributed by atoms with Gasteiger partial charge in [0, 0.05) is 16.9 Å². The third kappa shape index (κ3) is 2.75. The van der Waals surface area contributed by atoms with Gasteiger partial charge in [-0.15, -0.1) is 0 Å². The number of aromatic nitrogens is 2. The van der Waals surface area contributed by atoms with E-state index in [0.717, 1.165) is 31.2 Å². The summed E-state index contributed by atoms with van der Waals surface area (Å²) in [5.41, 5.74) is 0.944. The Morgan fingerprint density at radius 2 is 2.30 bits per heavy atom. The van der Waals surface area contributed by atoms with Gasteiger partial charge in [-0.3, -0.25) is 4.79 Å². The van der Waals surface area contributed by atoms with E-state index in [-0.39, 0.29) is 17.9 Å². The molecule has 2 heterocycles. The number of carbonyl (C=O) groups is 1. The van der Waals surface area contributed by atoms with Crippen molar-refractivity contribution in [2.24, 2.45) is 5.92 Å². The van der Waals surface area contributed by atoms with Crippen LogP contribution >= 0.6 is 11.3 Å². The minimum absolute atomic E-state index is 0.102. The van der Waals surface area contributed by atoms with Gasteiger partial charge in [0.1, 0.15) is 6.04 Å². The van der Waals surface area contributed by atoms with Crippen LogP contribution in [0.1, 0.15) is 44.5 Å². The van der Waals surface area contributed by atoms with Crippen LogP contribution in [-0.4, -0.2) is 16.0 Å². The maximum absolute atomic E-state index is 12.1. The van der Waals surface area contributed by atoms with E-state index in [1.165, 1.54) is 0 Å². The largest absolute Gasteiger partial charge is 0.344 e. The first kappa shape index (κ1) is 13.3. The molecule has 1 saturated carbocycles. The molecule has 1 unspecified atom stereocenters. The molecule has 0 saturated heterocycles. The van der Waals surface area contributed by atoms with Gasteiger partial charge in [-0.1, -0.05) is 18.0 Å². The second-order valence-electron chi connectivity index (χ2n) is 5.18. The summed E-state index contributed by atoms with van der Waals surface area (Å²) in [6.07, 6.45) is 4.27. The van der Waals surface area contributed by atoms with Crippen LogP contribution in [0.5, 0.6) is 0 Å². The molecule has 6 heteroatoms. The van der Waals surface area contributed by atoms with Gasteiger partial charge in [-0.05, 0) is 31.2 Å². The van der Waals surface area contributed by atoms with Gasteiger partial charge in [-0.25, -0.2) is 0 Å². The summed E-state index contributed by atoms with van der Waals surface area (Å²) < 4.78 is 5.24. The van der Waals surface area contributed by atoms with Crippen molar-refractivity contribution < 1.29 is 9.32 Å². The lowest BCUT2D eigenvalue weighted by atomic mass is 10.1. The van der Waals surface area contributed by atoms with Crippen LogP contribution in [-0.2, 0) is 4.79 Å². The normalized spacial score (nSPS) is 17.2. The fraction of sp³-hybridized carbons (Fsp3) is 0.500. The van der Waals surface area contributed by atoms with Crippen molar-refractivity contribution in [3.05, 3.63) is 22.7 Å². The van der Waals surface area contributed by atoms with Gasteiger partial charge >= 0.3 is 0 Å². The zero-order valence-corrected chi connectivity index (χ0v) is 12.2. The standard InChI is InChI=1S/C14H17N3O2S/c1-9(15-13(18)10-4-2-3-5-10)14-16-12(17-19-14)11-6-7-20-8-11/h6-10H,2-5H2,1H3,(H,15,18). The number of nitrogens with zero attached hydrogens (tertiary/aromatic N) is 2. The Labute approximate surface area is 121 Å². The number of rotatable bonds is 4. The van der Waals surface area contributed by atoms with Crippen molar-refractivity contribution in [1.29, 1.82) is 0 Å². The highest BCUT2D eigenvalue weighted by atomic mass is 32.1. The summed E-state index contributed by atoms with van der Waals surface area (Å²) in [7, 11) is 0. The molecule has 20 heavy (non-hydrogen) atoms. The molecule has 1 aliphatic carbocycles. The Bertz CT molecular complexity index is 573. The molecule has 0 bridgehead atoms. The lowest BCUT2D eigenvalue weighted by molar-refractivity contribution is -0.125. The van der Waals surface area contributed by atoms with Crippen molar-refractivity contribution in [2.75, 3.05) is 0 Å². The molecule has 0 aliphatic heterocycles. The summed E-state index contributed by atoms with van der Waals surface area (Å²) in [6, 6.07) is 1.70. The Hall–Kier alpha value is -1.69. The first-order chi connectivity index (χ1) is 9.74. The Kier molecular flexibility index (Phi) is 3.82. The van der Waals surface area contributed by atoms with E-state index < -0.39 is 0 Å². The number of amides is 1. The number of hydrogen-bond acceptors (Lipinski definition) is 5. The maximum Gasteiger partial charge on any atom is 0.249 e. The number of nitrogens with one attached hydrogen (secondary N) is 1. The van der Waals surface area contributed by atoms with Gasteiger partial charge in [0.25, 0.3) is 0 Å². The highest BCUT2D eigenvalue weighted by Gasteiger charge is 2.25. The average molecular weight is 291 g/mol. The fourth-order valence-corrected chi connectivity index (χ4v) is 3.14. The summed E-state index contributed by atoms with van der Waals surface area (Å²) >= 11 is 1.59. The van der Waals surface area contributed by atoms with E-state index in [1.54, 1.807) is 11.3 Å². The van der Waals surface area contributed by atoms with Gasteiger partial charge in [-0.2, -0.15) is 16.3 Å². The van der Waals surface area contributed by atoms with Crippen LogP contribution in [0.15, 0.2) is 21.3 Å². The molecule has 0 radical (unpaired) electrons. The summed E-state index contributed by atoms with van der Waals surface area (Å²) in [6.45, 7) is 1.87. The first-order valence-electron chi connectivity index (χ1n) is 6.90. The molecule has 2 aromatic rings. The fourth-order valence-electron chi connectivity index (χ4n) is 2.50. The molecular weight excluding hydrogens is 274 g/mol. The summed E-state index contributed by atoms with van der Waals surface area (Å²) in [4.78, 5) is 16.4. The van der Waals surface area contributed by atoms with Crippen molar-refractivity contribution in [1.82, 2.24) is 15.5 Å². The highest BCUT2D eigenvalue weighted by Crippen LogP contribution is 2.26. The van der Waals surface area contributed by atoms with Crippen LogP contribution in [0.3, 0.4) is 0 Å². The SMILES string of the molecule is CC(NC(=O)C1CCCC1)c1nc(-c2ccsc2)no1. The third-order valence-corrected chi connectivity index (χ3v) is 4.36. The predicted octanol–water partition coefficient (Wildman–Crippen LogP) is 3.17. The van der Waals surface area contributed by atoms with E-state index >= 15 is 0 Å². The molecule has 106 valence electrons. The first-order valence-corrected chi connectivity index (χ1v) is 7.85. The molecule has 1 atom stereocenters. The van der Waals surface area contributed by atoms with Crippen LogP contribution < -0.4 is 5.32 Å². The second kappa shape index (κ2) is 5.75. The number of thiophene rings is 1. The van der Waals surface area contributed by atoms with E-state index in [0.29, 0.717) is 11.7 Å². The molecule has 0 aromatic carbocycles. The van der Waals surface area contributed by atoms with Crippen LogP contribution in [0.25, 0.3) is 11.4 Å². The van der Waals surface area contributed by atoms with Gasteiger partial charge in [0.15, 0.2) is 0 Å². The minimum atomic E-state index is -0.247. The molecule has 3 rings (SSSR count). The molecule has 5 nitrogen and oxygen atoms in total. The lowest BCUT2D eigenvalue weighted by Crippen LogP contribution is -2.31. The minimum Gasteiger partial charge on any atom is -0.344 e. The van der Waals surface area contributed by atoms with E-state index in [1.807, 2.05) is 23.8 Å². The summed E-state index contributed by atoms with van der Waals surface area (Å²) in [5.74, 6) is 1.28. The van der Waals surface area contributed by atoms with Gasteiger partial charge in [0.05, 0.1) is 0 Å². The Morgan fingerprint density at radius 3 is 3.00 bits per heavy atom. The lowest BCUT2D eigenvalue weighted by Gasteiger charge is -2.13. The third-order valence-electron chi connectivity index (χ3n) is 3.68. The van der Waals surface area contributed by atoms with Crippen LogP contribution in [0.2, 0.25) is 0 Å². The van der Waals surface area contributed by atoms with Crippen molar-refractivity contribution in [3.8, 4) is 11.4 Å². The van der Waals surface area contributed by atoms with E-state index in [2.05, 4.69) is 15.5 Å². The quantitative estimate of drug-likeness (QED) is 0.939. The van der Waals surface area contributed by atoms with Crippen molar-refractivity contribution in [2.45, 2.75) is 38.6 Å². The number of carbonyl (C=O) groups excluding carboxylic acids is 1. The molecule has 1 amide bonds. The van der Waals surface area contributed by atoms with Crippen molar-refractivity contribution in [3.63, 3.8) is 0 Å². The predicted molar refractivity (Wildman–Crippen MR) is 76.1 cm³/mol. The monoisotopic (exact) mass is 291 g/mol. The van der Waals surface area contributed by atoms with Crippen molar-refractivity contribution >= 4 is 17.2 Å². The smallest absolute Gasteiger partial charge is 0.249 e. The zero-order chi connectivity index (χ0) is 13.9. The van der Waals surface area contributed by atoms with Gasteiger partial charge < -0.3 is 9.84 Å². The second-order valence-corrected chi connectivity index (χ2v) is 5.96. The summed E-state index contributed by atoms with van der Waals surface area (Å²) in [5, 5.41) is 10.9. The Morgan fingerprint density at radius 1 is 1.50 bits per heavy atom. The molecule has 1 fully saturated rings. The molecule has 1 N–H and O–H groups in total. The molecule has 1 aliphatic rings. The zero-order valence-electron chi connectivity index (χ0n) is 11.3. The molecule has 2 aromatic heterocycles. The van der Waals surface area contributed by atoms with Gasteiger partial charge in [0.2, 0.25) is 17.6 Å². The topological polar surface area (TPSA) is 68.0 Å². The van der Waals surface area contributed by atoms with E-state index in [4.69, 9.17) is 4.52 Å².